The molecule has 0 saturated carbocycles. The van der Waals surface area contributed by atoms with Crippen LogP contribution >= 0.6 is 34.0 Å². The van der Waals surface area contributed by atoms with Gasteiger partial charge in [0, 0.05) is 0 Å². The second-order valence-electron chi connectivity index (χ2n) is 3.97. The van der Waals surface area contributed by atoms with E-state index < -0.39 is 0 Å². The van der Waals surface area contributed by atoms with Gasteiger partial charge in [-0.05, 0) is 0 Å². The van der Waals surface area contributed by atoms with Gasteiger partial charge in [0.05, 0.1) is 0 Å². The normalized spacial score (nSPS) is 9.13. The van der Waals surface area contributed by atoms with Crippen LogP contribution in [0.2, 0.25) is 5.28 Å². The molecule has 15 heavy (non-hydrogen) atoms. The van der Waals surface area contributed by atoms with Crippen molar-refractivity contribution in [1.82, 2.24) is 0 Å². The molecule has 0 unspecified atom stereocenters. The molecule has 0 fully saturated rings. The van der Waals surface area contributed by atoms with Crippen molar-refractivity contribution in [2.75, 3.05) is 0 Å². The van der Waals surface area contributed by atoms with Crippen molar-refractivity contribution in [1.29, 1.82) is 0 Å². The van der Waals surface area contributed by atoms with E-state index in [-0.39, 0.29) is 34.0 Å². The van der Waals surface area contributed by atoms with E-state index in [1.807, 2.05) is 0 Å². The zero-order chi connectivity index (χ0) is 9.78. The predicted molar refractivity (Wildman–Crippen MR) is 83.0 cm³/mol. The van der Waals surface area contributed by atoms with Gasteiger partial charge in [0.15, 0.2) is 0 Å². The van der Waals surface area contributed by atoms with E-state index in [1.54, 1.807) is 0 Å². The summed E-state index contributed by atoms with van der Waals surface area (Å²) in [6.45, 7) is 2.28. The van der Waals surface area contributed by atoms with Crippen LogP contribution in [-0.2, 0) is 0 Å². The summed E-state index contributed by atoms with van der Waals surface area (Å²) >= 11 is 2.81. The van der Waals surface area contributed by atoms with E-state index >= 15 is 0 Å². The molecule has 0 N–H and O–H groups in total. The fourth-order valence-corrected chi connectivity index (χ4v) is 1.92. The van der Waals surface area contributed by atoms with E-state index in [0.29, 0.717) is 0 Å². The number of unbranched alkanes of at least 4 members (excludes halogenated alkanes) is 9. The summed E-state index contributed by atoms with van der Waals surface area (Å²) in [6, 6.07) is 0. The largest absolute Gasteiger partial charge is 0.118 e. The van der Waals surface area contributed by atoms with Crippen molar-refractivity contribution >= 4 is 50.3 Å². The SMILES string of the molecule is Br.Br.CCCCCCCCCCC[CH2][Al]. The van der Waals surface area contributed by atoms with Crippen molar-refractivity contribution in [3.63, 3.8) is 0 Å². The van der Waals surface area contributed by atoms with Gasteiger partial charge in [-0.1, -0.05) is 71.1 Å². The summed E-state index contributed by atoms with van der Waals surface area (Å²) in [6.07, 6.45) is 14.5. The molecule has 0 saturated heterocycles. The third-order valence-electron chi connectivity index (χ3n) is 2.56. The van der Waals surface area contributed by atoms with Crippen LogP contribution in [-0.4, -0.2) is 16.3 Å². The zero-order valence-corrected chi connectivity index (χ0v) is 14.8. The molecule has 0 bridgehead atoms. The number of halogens is 2. The third kappa shape index (κ3) is 21.4. The molecule has 3 heteroatoms. The van der Waals surface area contributed by atoms with Gasteiger partial charge in [0.25, 0.3) is 0 Å². The Bertz CT molecular complexity index is 79.7. The second-order valence-corrected chi connectivity index (χ2v) is 4.55. The summed E-state index contributed by atoms with van der Waals surface area (Å²) in [4.78, 5) is 0. The summed E-state index contributed by atoms with van der Waals surface area (Å²) in [5.74, 6) is 0. The maximum atomic E-state index is 2.81. The van der Waals surface area contributed by atoms with Gasteiger partial charge in [-0.2, -0.15) is 0 Å². The lowest BCUT2D eigenvalue weighted by molar-refractivity contribution is 0.562. The molecule has 2 radical (unpaired) electrons. The Morgan fingerprint density at radius 3 is 1.27 bits per heavy atom. The van der Waals surface area contributed by atoms with Gasteiger partial charge < -0.3 is 0 Å². The van der Waals surface area contributed by atoms with Crippen LogP contribution in [0.4, 0.5) is 0 Å². The van der Waals surface area contributed by atoms with E-state index in [4.69, 9.17) is 0 Å². The summed E-state index contributed by atoms with van der Waals surface area (Å²) < 4.78 is 0. The molecule has 0 aliphatic heterocycles. The highest BCUT2D eigenvalue weighted by Crippen LogP contribution is 2.10. The molecule has 0 rings (SSSR count). The Morgan fingerprint density at radius 1 is 0.600 bits per heavy atom. The number of hydrogen-bond acceptors (Lipinski definition) is 0. The van der Waals surface area contributed by atoms with Crippen LogP contribution in [0.3, 0.4) is 0 Å². The van der Waals surface area contributed by atoms with E-state index in [1.165, 1.54) is 69.5 Å². The number of rotatable bonds is 10. The highest BCUT2D eigenvalue weighted by Gasteiger charge is 1.90. The van der Waals surface area contributed by atoms with Gasteiger partial charge in [-0.25, -0.2) is 0 Å². The van der Waals surface area contributed by atoms with Crippen molar-refractivity contribution in [3.05, 3.63) is 0 Å². The maximum absolute atomic E-state index is 2.81. The Kier molecular flexibility index (Phi) is 30.2. The predicted octanol–water partition coefficient (Wildman–Crippen LogP) is 5.65. The third-order valence-corrected chi connectivity index (χ3v) is 2.97. The average molecular weight is 358 g/mol. The van der Waals surface area contributed by atoms with Crippen LogP contribution in [0.5, 0.6) is 0 Å². The molecular weight excluding hydrogens is 331 g/mol. The minimum atomic E-state index is 0. The topological polar surface area (TPSA) is 0 Å². The average Bonchev–Trinajstić information content (AvgIpc) is 2.16. The van der Waals surface area contributed by atoms with Crippen LogP contribution < -0.4 is 0 Å². The van der Waals surface area contributed by atoms with Crippen LogP contribution in [0.25, 0.3) is 0 Å². The monoisotopic (exact) mass is 356 g/mol. The molecule has 0 nitrogen and oxygen atoms in total. The first-order valence-corrected chi connectivity index (χ1v) is 6.93. The Labute approximate surface area is 126 Å². The molecule has 0 spiro atoms. The van der Waals surface area contributed by atoms with Crippen molar-refractivity contribution < 1.29 is 0 Å². The lowest BCUT2D eigenvalue weighted by Gasteiger charge is -2.00. The highest BCUT2D eigenvalue weighted by molar-refractivity contribution is 8.93. The fourth-order valence-electron chi connectivity index (χ4n) is 1.63. The molecule has 92 valence electrons. The van der Waals surface area contributed by atoms with Gasteiger partial charge in [0.1, 0.15) is 16.3 Å². The van der Waals surface area contributed by atoms with Gasteiger partial charge >= 0.3 is 0 Å². The number of hydrogen-bond donors (Lipinski definition) is 0. The smallest absolute Gasteiger partial charge is 0.118 e. The first kappa shape index (κ1) is 21.7. The first-order chi connectivity index (χ1) is 6.41. The maximum Gasteiger partial charge on any atom is 0.118 e. The van der Waals surface area contributed by atoms with E-state index in [9.17, 15) is 0 Å². The van der Waals surface area contributed by atoms with Crippen LogP contribution in [0.15, 0.2) is 0 Å². The Balaban J connectivity index is -0.000000720. The molecule has 0 aliphatic rings. The second kappa shape index (κ2) is 20.9. The Morgan fingerprint density at radius 2 is 0.933 bits per heavy atom. The van der Waals surface area contributed by atoms with Crippen molar-refractivity contribution in [2.24, 2.45) is 0 Å². The van der Waals surface area contributed by atoms with E-state index in [2.05, 4.69) is 23.2 Å². The summed E-state index contributed by atoms with van der Waals surface area (Å²) in [7, 11) is 0. The lowest BCUT2D eigenvalue weighted by Crippen LogP contribution is -1.81. The fraction of sp³-hybridized carbons (Fsp3) is 1.00. The summed E-state index contributed by atoms with van der Waals surface area (Å²) in [5.41, 5.74) is 0. The summed E-state index contributed by atoms with van der Waals surface area (Å²) in [5, 5.41) is 1.29. The lowest BCUT2D eigenvalue weighted by atomic mass is 10.1. The molecular formula is C12H27AlBr2. The zero-order valence-electron chi connectivity index (χ0n) is 10.2. The van der Waals surface area contributed by atoms with Gasteiger partial charge in [-0.3, -0.25) is 0 Å². The van der Waals surface area contributed by atoms with Crippen molar-refractivity contribution in [2.45, 2.75) is 76.4 Å². The standard InChI is InChI=1S/C12H25.Al.2BrH/c1-3-5-7-9-11-12-10-8-6-4-2;;;/h1,3-12H2,2H3;;2*1H. The molecule has 0 aromatic heterocycles. The van der Waals surface area contributed by atoms with Gasteiger partial charge in [-0.15, -0.1) is 39.2 Å². The molecule has 0 aromatic carbocycles. The molecule has 0 aromatic rings. The molecule has 0 heterocycles. The van der Waals surface area contributed by atoms with E-state index in [0.717, 1.165) is 0 Å². The van der Waals surface area contributed by atoms with Crippen LogP contribution in [0, 0.1) is 0 Å². The molecule has 0 amide bonds. The highest BCUT2D eigenvalue weighted by atomic mass is 79.9. The molecule has 0 aliphatic carbocycles. The minimum Gasteiger partial charge on any atom is -0.118 e. The Hall–Kier alpha value is 1.49. The van der Waals surface area contributed by atoms with Crippen LogP contribution in [0.1, 0.15) is 71.1 Å². The van der Waals surface area contributed by atoms with Crippen molar-refractivity contribution in [3.8, 4) is 0 Å². The van der Waals surface area contributed by atoms with Gasteiger partial charge in [0.2, 0.25) is 0 Å². The first-order valence-electron chi connectivity index (χ1n) is 6.12. The molecule has 0 atom stereocenters. The minimum absolute atomic E-state index is 0. The quantitative estimate of drug-likeness (QED) is 0.350.